The summed E-state index contributed by atoms with van der Waals surface area (Å²) in [7, 11) is 0. The predicted molar refractivity (Wildman–Crippen MR) is 80.6 cm³/mol. The minimum Gasteiger partial charge on any atom is -0.368 e. The van der Waals surface area contributed by atoms with Crippen LogP contribution >= 0.6 is 0 Å². The van der Waals surface area contributed by atoms with Crippen LogP contribution in [0.4, 0.5) is 0 Å². The summed E-state index contributed by atoms with van der Waals surface area (Å²) in [5, 5.41) is 2.37. The standard InChI is InChI=1S/C15H18N4O4/c16-8-12(20)18-10-7-13(21)19(15(10)23)11(14(17)22)6-9-4-2-1-3-5-9/h1-5,10-11H,6-8,16H2,(H2,17,22)(H,18,20)/t10-,11-/m0/s1. The van der Waals surface area contributed by atoms with Gasteiger partial charge in [0, 0.05) is 6.42 Å². The molecule has 0 saturated carbocycles. The Labute approximate surface area is 132 Å². The second-order valence-electron chi connectivity index (χ2n) is 5.24. The molecule has 2 atom stereocenters. The Morgan fingerprint density at radius 1 is 1.26 bits per heavy atom. The Kier molecular flexibility index (Phi) is 5.07. The van der Waals surface area contributed by atoms with Gasteiger partial charge in [0.2, 0.25) is 17.7 Å². The highest BCUT2D eigenvalue weighted by Crippen LogP contribution is 2.19. The van der Waals surface area contributed by atoms with Gasteiger partial charge < -0.3 is 16.8 Å². The molecule has 0 aromatic heterocycles. The van der Waals surface area contributed by atoms with Gasteiger partial charge in [-0.2, -0.15) is 0 Å². The SMILES string of the molecule is NCC(=O)N[C@H]1CC(=O)N([C@@H](Cc2ccccc2)C(N)=O)C1=O. The van der Waals surface area contributed by atoms with E-state index in [9.17, 15) is 19.2 Å². The van der Waals surface area contributed by atoms with E-state index in [-0.39, 0.29) is 19.4 Å². The molecule has 1 heterocycles. The third-order valence-corrected chi connectivity index (χ3v) is 3.62. The molecule has 1 aliphatic heterocycles. The van der Waals surface area contributed by atoms with E-state index in [0.717, 1.165) is 10.5 Å². The lowest BCUT2D eigenvalue weighted by Gasteiger charge is -2.24. The van der Waals surface area contributed by atoms with E-state index in [4.69, 9.17) is 11.5 Å². The number of amides is 4. The van der Waals surface area contributed by atoms with Gasteiger partial charge in [0.05, 0.1) is 13.0 Å². The van der Waals surface area contributed by atoms with Crippen molar-refractivity contribution >= 4 is 23.6 Å². The Morgan fingerprint density at radius 2 is 1.91 bits per heavy atom. The van der Waals surface area contributed by atoms with Crippen molar-refractivity contribution < 1.29 is 19.2 Å². The fraction of sp³-hybridized carbons (Fsp3) is 0.333. The van der Waals surface area contributed by atoms with Crippen LogP contribution in [0.5, 0.6) is 0 Å². The number of nitrogens with one attached hydrogen (secondary N) is 1. The number of imide groups is 1. The largest absolute Gasteiger partial charge is 0.368 e. The molecule has 0 unspecified atom stereocenters. The molecule has 5 N–H and O–H groups in total. The topological polar surface area (TPSA) is 136 Å². The van der Waals surface area contributed by atoms with Crippen molar-refractivity contribution in [1.29, 1.82) is 0 Å². The lowest BCUT2D eigenvalue weighted by Crippen LogP contribution is -2.51. The van der Waals surface area contributed by atoms with Gasteiger partial charge in [-0.1, -0.05) is 30.3 Å². The number of hydrogen-bond acceptors (Lipinski definition) is 5. The molecule has 0 aliphatic carbocycles. The molecule has 8 nitrogen and oxygen atoms in total. The van der Waals surface area contributed by atoms with Crippen LogP contribution in [0.15, 0.2) is 30.3 Å². The summed E-state index contributed by atoms with van der Waals surface area (Å²) in [6.07, 6.45) is -0.0750. The number of primary amides is 1. The van der Waals surface area contributed by atoms with Crippen LogP contribution in [-0.4, -0.2) is 47.2 Å². The molecule has 2 rings (SSSR count). The second-order valence-corrected chi connectivity index (χ2v) is 5.24. The zero-order valence-corrected chi connectivity index (χ0v) is 12.4. The Balaban J connectivity index is 2.19. The lowest BCUT2D eigenvalue weighted by atomic mass is 10.0. The molecule has 1 fully saturated rings. The van der Waals surface area contributed by atoms with Crippen molar-refractivity contribution in [3.63, 3.8) is 0 Å². The van der Waals surface area contributed by atoms with Gasteiger partial charge in [-0.3, -0.25) is 24.1 Å². The minimum atomic E-state index is -1.09. The van der Waals surface area contributed by atoms with Crippen LogP contribution in [0.2, 0.25) is 0 Å². The molecule has 122 valence electrons. The molecule has 1 aromatic rings. The number of rotatable bonds is 6. The van der Waals surface area contributed by atoms with Gasteiger partial charge in [-0.15, -0.1) is 0 Å². The van der Waals surface area contributed by atoms with Gasteiger partial charge in [0.15, 0.2) is 0 Å². The van der Waals surface area contributed by atoms with E-state index < -0.39 is 35.7 Å². The summed E-state index contributed by atoms with van der Waals surface area (Å²) in [6.45, 7) is -0.290. The van der Waals surface area contributed by atoms with Crippen LogP contribution < -0.4 is 16.8 Å². The van der Waals surface area contributed by atoms with Gasteiger partial charge in [0.1, 0.15) is 12.1 Å². The maximum atomic E-state index is 12.3. The maximum Gasteiger partial charge on any atom is 0.253 e. The van der Waals surface area contributed by atoms with Gasteiger partial charge >= 0.3 is 0 Å². The number of nitrogens with zero attached hydrogens (tertiary/aromatic N) is 1. The van der Waals surface area contributed by atoms with Crippen LogP contribution in [0.3, 0.4) is 0 Å². The van der Waals surface area contributed by atoms with E-state index in [1.54, 1.807) is 24.3 Å². The summed E-state index contributed by atoms with van der Waals surface area (Å²) in [6, 6.07) is 6.83. The van der Waals surface area contributed by atoms with E-state index in [2.05, 4.69) is 5.32 Å². The summed E-state index contributed by atoms with van der Waals surface area (Å²) in [5.41, 5.74) is 11.3. The third-order valence-electron chi connectivity index (χ3n) is 3.62. The number of carbonyl (C=O) groups is 4. The van der Waals surface area contributed by atoms with E-state index >= 15 is 0 Å². The molecule has 0 spiro atoms. The monoisotopic (exact) mass is 318 g/mol. The summed E-state index contributed by atoms with van der Waals surface area (Å²) >= 11 is 0. The molecule has 4 amide bonds. The lowest BCUT2D eigenvalue weighted by molar-refractivity contribution is -0.146. The molecular formula is C15H18N4O4. The highest BCUT2D eigenvalue weighted by molar-refractivity contribution is 6.09. The van der Waals surface area contributed by atoms with Gasteiger partial charge in [-0.25, -0.2) is 0 Å². The van der Waals surface area contributed by atoms with Crippen molar-refractivity contribution in [2.75, 3.05) is 6.54 Å². The summed E-state index contributed by atoms with van der Waals surface area (Å²) in [4.78, 5) is 48.4. The van der Waals surface area contributed by atoms with Crippen LogP contribution in [0.25, 0.3) is 0 Å². The molecule has 1 aliphatic rings. The number of nitrogens with two attached hydrogens (primary N) is 2. The molecule has 0 bridgehead atoms. The molecule has 1 aromatic carbocycles. The fourth-order valence-electron chi connectivity index (χ4n) is 2.50. The van der Waals surface area contributed by atoms with Crippen molar-refractivity contribution in [2.45, 2.75) is 24.9 Å². The first-order valence-electron chi connectivity index (χ1n) is 7.12. The highest BCUT2D eigenvalue weighted by atomic mass is 16.2. The Bertz CT molecular complexity index is 632. The first-order valence-corrected chi connectivity index (χ1v) is 7.12. The number of likely N-dealkylation sites (tertiary alicyclic amines) is 1. The van der Waals surface area contributed by atoms with E-state index in [0.29, 0.717) is 0 Å². The summed E-state index contributed by atoms with van der Waals surface area (Å²) in [5.74, 6) is -2.51. The maximum absolute atomic E-state index is 12.3. The fourth-order valence-corrected chi connectivity index (χ4v) is 2.50. The quantitative estimate of drug-likeness (QED) is 0.536. The Morgan fingerprint density at radius 3 is 2.48 bits per heavy atom. The third kappa shape index (κ3) is 3.72. The van der Waals surface area contributed by atoms with Gasteiger partial charge in [0.25, 0.3) is 5.91 Å². The van der Waals surface area contributed by atoms with Crippen molar-refractivity contribution in [2.24, 2.45) is 11.5 Å². The van der Waals surface area contributed by atoms with Crippen LogP contribution in [-0.2, 0) is 25.6 Å². The number of benzene rings is 1. The average Bonchev–Trinajstić information content (AvgIpc) is 2.80. The molecule has 0 radical (unpaired) electrons. The van der Waals surface area contributed by atoms with E-state index in [1.807, 2.05) is 6.07 Å². The van der Waals surface area contributed by atoms with Crippen LogP contribution in [0, 0.1) is 0 Å². The first kappa shape index (κ1) is 16.6. The molecule has 23 heavy (non-hydrogen) atoms. The molecule has 8 heteroatoms. The summed E-state index contributed by atoms with van der Waals surface area (Å²) < 4.78 is 0. The second kappa shape index (κ2) is 7.01. The zero-order chi connectivity index (χ0) is 17.0. The zero-order valence-electron chi connectivity index (χ0n) is 12.4. The number of hydrogen-bond donors (Lipinski definition) is 3. The number of carbonyl (C=O) groups excluding carboxylic acids is 4. The first-order chi connectivity index (χ1) is 10.9. The van der Waals surface area contributed by atoms with Crippen molar-refractivity contribution in [3.8, 4) is 0 Å². The Hall–Kier alpha value is -2.74. The minimum absolute atomic E-state index is 0.130. The predicted octanol–water partition coefficient (Wildman–Crippen LogP) is -1.71. The molecule has 1 saturated heterocycles. The highest BCUT2D eigenvalue weighted by Gasteiger charge is 2.44. The van der Waals surface area contributed by atoms with Gasteiger partial charge in [-0.05, 0) is 5.56 Å². The molecular weight excluding hydrogens is 300 g/mol. The normalized spacial score (nSPS) is 18.8. The average molecular weight is 318 g/mol. The van der Waals surface area contributed by atoms with E-state index in [1.165, 1.54) is 0 Å². The smallest absolute Gasteiger partial charge is 0.253 e. The van der Waals surface area contributed by atoms with Crippen molar-refractivity contribution in [1.82, 2.24) is 10.2 Å². The van der Waals surface area contributed by atoms with Crippen LogP contribution in [0.1, 0.15) is 12.0 Å². The van der Waals surface area contributed by atoms with Crippen molar-refractivity contribution in [3.05, 3.63) is 35.9 Å².